The molecular weight excluding hydrogens is 318 g/mol. The van der Waals surface area contributed by atoms with Gasteiger partial charge in [0.1, 0.15) is 0 Å². The van der Waals surface area contributed by atoms with Crippen LogP contribution in [-0.2, 0) is 0 Å². The highest BCUT2D eigenvalue weighted by atomic mass is 15.3. The Kier molecular flexibility index (Phi) is 15.5. The third-order valence-corrected chi connectivity index (χ3v) is 5.43. The number of hydrogen-bond acceptors (Lipinski definition) is 3. The van der Waals surface area contributed by atoms with Crippen LogP contribution in [0.15, 0.2) is 24.6 Å². The molecular formula is C23H45N3. The Balaban J connectivity index is 1.75. The fraction of sp³-hybridized carbons (Fsp3) is 0.826. The maximum atomic E-state index is 5.66. The van der Waals surface area contributed by atoms with E-state index in [-0.39, 0.29) is 0 Å². The standard InChI is InChI=1S/C23H45N3/c1-2-3-4-5-6-7-8-9-10-11-12-13-14-15-16-17-18-23-25-20-22-26(23)21-19-24/h2-3,20,22-23,25H,4-19,21,24H2,1H3/b3-2+. The fourth-order valence-electron chi connectivity index (χ4n) is 3.79. The van der Waals surface area contributed by atoms with Gasteiger partial charge in [0.2, 0.25) is 0 Å². The van der Waals surface area contributed by atoms with Crippen molar-refractivity contribution >= 4 is 0 Å². The fourth-order valence-corrected chi connectivity index (χ4v) is 3.79. The van der Waals surface area contributed by atoms with Crippen molar-refractivity contribution in [3.05, 3.63) is 24.6 Å². The molecule has 3 heteroatoms. The van der Waals surface area contributed by atoms with Crippen molar-refractivity contribution in [2.75, 3.05) is 13.1 Å². The molecule has 1 aliphatic heterocycles. The van der Waals surface area contributed by atoms with E-state index in [9.17, 15) is 0 Å². The molecule has 0 aliphatic carbocycles. The predicted octanol–water partition coefficient (Wildman–Crippen LogP) is 6.08. The van der Waals surface area contributed by atoms with Crippen LogP contribution in [0.2, 0.25) is 0 Å². The highest BCUT2D eigenvalue weighted by Crippen LogP contribution is 2.15. The lowest BCUT2D eigenvalue weighted by atomic mass is 10.0. The van der Waals surface area contributed by atoms with E-state index in [1.165, 1.54) is 96.3 Å². The topological polar surface area (TPSA) is 41.3 Å². The van der Waals surface area contributed by atoms with E-state index in [2.05, 4.69) is 41.7 Å². The lowest BCUT2D eigenvalue weighted by molar-refractivity contribution is 0.264. The molecule has 0 aromatic heterocycles. The highest BCUT2D eigenvalue weighted by Gasteiger charge is 2.16. The molecule has 1 unspecified atom stereocenters. The normalized spacial score (nSPS) is 16.7. The van der Waals surface area contributed by atoms with Crippen LogP contribution in [0.3, 0.4) is 0 Å². The second kappa shape index (κ2) is 17.5. The van der Waals surface area contributed by atoms with Crippen molar-refractivity contribution in [1.29, 1.82) is 0 Å². The maximum absolute atomic E-state index is 5.66. The van der Waals surface area contributed by atoms with Crippen LogP contribution in [0.4, 0.5) is 0 Å². The molecule has 1 aliphatic rings. The zero-order chi connectivity index (χ0) is 18.7. The van der Waals surface area contributed by atoms with Crippen molar-refractivity contribution in [1.82, 2.24) is 10.2 Å². The van der Waals surface area contributed by atoms with Gasteiger partial charge in [-0.25, -0.2) is 0 Å². The first-order valence-corrected chi connectivity index (χ1v) is 11.4. The smallest absolute Gasteiger partial charge is 0.0981 e. The number of nitrogens with zero attached hydrogens (tertiary/aromatic N) is 1. The number of hydrogen-bond donors (Lipinski definition) is 2. The van der Waals surface area contributed by atoms with E-state index in [1.54, 1.807) is 0 Å². The molecule has 0 radical (unpaired) electrons. The van der Waals surface area contributed by atoms with E-state index in [0.29, 0.717) is 6.17 Å². The van der Waals surface area contributed by atoms with Gasteiger partial charge in [0.15, 0.2) is 0 Å². The van der Waals surface area contributed by atoms with Crippen molar-refractivity contribution in [2.45, 2.75) is 109 Å². The average Bonchev–Trinajstić information content (AvgIpc) is 3.09. The molecule has 0 aromatic carbocycles. The summed E-state index contributed by atoms with van der Waals surface area (Å²) in [6.07, 6.45) is 30.1. The SMILES string of the molecule is C/C=C/CCCCCCCCCCCCCCCC1NC=CN1CCN. The summed E-state index contributed by atoms with van der Waals surface area (Å²) < 4.78 is 0. The Morgan fingerprint density at radius 1 is 0.846 bits per heavy atom. The van der Waals surface area contributed by atoms with Crippen LogP contribution in [0.5, 0.6) is 0 Å². The van der Waals surface area contributed by atoms with Crippen molar-refractivity contribution in [3.63, 3.8) is 0 Å². The van der Waals surface area contributed by atoms with Gasteiger partial charge in [0, 0.05) is 25.5 Å². The third kappa shape index (κ3) is 12.4. The van der Waals surface area contributed by atoms with Crippen LogP contribution in [0, 0.1) is 0 Å². The zero-order valence-corrected chi connectivity index (χ0v) is 17.4. The van der Waals surface area contributed by atoms with Crippen LogP contribution < -0.4 is 11.1 Å². The van der Waals surface area contributed by atoms with Crippen LogP contribution in [0.25, 0.3) is 0 Å². The van der Waals surface area contributed by atoms with E-state index in [4.69, 9.17) is 5.73 Å². The van der Waals surface area contributed by atoms with Crippen molar-refractivity contribution in [3.8, 4) is 0 Å². The number of nitrogens with one attached hydrogen (secondary N) is 1. The van der Waals surface area contributed by atoms with E-state index in [0.717, 1.165) is 13.1 Å². The summed E-state index contributed by atoms with van der Waals surface area (Å²) in [7, 11) is 0. The van der Waals surface area contributed by atoms with Gasteiger partial charge in [-0.1, -0.05) is 82.8 Å². The summed E-state index contributed by atoms with van der Waals surface area (Å²) >= 11 is 0. The highest BCUT2D eigenvalue weighted by molar-refractivity contribution is 4.94. The van der Waals surface area contributed by atoms with Crippen molar-refractivity contribution < 1.29 is 0 Å². The maximum Gasteiger partial charge on any atom is 0.0981 e. The van der Waals surface area contributed by atoms with Gasteiger partial charge in [-0.05, 0) is 32.6 Å². The first kappa shape index (κ1) is 23.1. The minimum absolute atomic E-state index is 0.488. The molecule has 26 heavy (non-hydrogen) atoms. The Hall–Kier alpha value is -0.960. The Morgan fingerprint density at radius 2 is 1.38 bits per heavy atom. The molecule has 152 valence electrons. The molecule has 0 aromatic rings. The lowest BCUT2D eigenvalue weighted by Crippen LogP contribution is -2.37. The number of unbranched alkanes of at least 4 members (excludes halogenated alkanes) is 13. The zero-order valence-electron chi connectivity index (χ0n) is 17.4. The molecule has 0 saturated carbocycles. The van der Waals surface area contributed by atoms with Gasteiger partial charge >= 0.3 is 0 Å². The number of nitrogens with two attached hydrogens (primary N) is 1. The van der Waals surface area contributed by atoms with Crippen LogP contribution in [-0.4, -0.2) is 24.2 Å². The molecule has 0 amide bonds. The molecule has 1 rings (SSSR count). The summed E-state index contributed by atoms with van der Waals surface area (Å²) in [6, 6.07) is 0. The second-order valence-corrected chi connectivity index (χ2v) is 7.77. The van der Waals surface area contributed by atoms with Gasteiger partial charge in [-0.15, -0.1) is 0 Å². The number of rotatable bonds is 18. The number of allylic oxidation sites excluding steroid dienone is 2. The van der Waals surface area contributed by atoms with Gasteiger partial charge in [-0.2, -0.15) is 0 Å². The molecule has 1 atom stereocenters. The summed E-state index contributed by atoms with van der Waals surface area (Å²) in [6.45, 7) is 3.81. The molecule has 0 bridgehead atoms. The van der Waals surface area contributed by atoms with E-state index in [1.807, 2.05) is 0 Å². The van der Waals surface area contributed by atoms with Gasteiger partial charge < -0.3 is 16.0 Å². The van der Waals surface area contributed by atoms with Gasteiger partial charge in [-0.3, -0.25) is 0 Å². The summed E-state index contributed by atoms with van der Waals surface area (Å²) in [4.78, 5) is 2.34. The quantitative estimate of drug-likeness (QED) is 0.229. The Morgan fingerprint density at radius 3 is 1.92 bits per heavy atom. The molecule has 0 fully saturated rings. The molecule has 3 nitrogen and oxygen atoms in total. The lowest BCUT2D eigenvalue weighted by Gasteiger charge is -2.25. The van der Waals surface area contributed by atoms with Crippen LogP contribution >= 0.6 is 0 Å². The van der Waals surface area contributed by atoms with Crippen molar-refractivity contribution in [2.24, 2.45) is 5.73 Å². The van der Waals surface area contributed by atoms with Crippen LogP contribution in [0.1, 0.15) is 103 Å². The monoisotopic (exact) mass is 363 g/mol. The average molecular weight is 364 g/mol. The van der Waals surface area contributed by atoms with E-state index < -0.39 is 0 Å². The molecule has 0 spiro atoms. The van der Waals surface area contributed by atoms with E-state index >= 15 is 0 Å². The second-order valence-electron chi connectivity index (χ2n) is 7.77. The molecule has 0 saturated heterocycles. The Bertz CT molecular complexity index is 351. The first-order chi connectivity index (χ1) is 12.9. The molecule has 1 heterocycles. The third-order valence-electron chi connectivity index (χ3n) is 5.43. The summed E-state index contributed by atoms with van der Waals surface area (Å²) in [5, 5.41) is 3.43. The summed E-state index contributed by atoms with van der Waals surface area (Å²) in [5.41, 5.74) is 5.66. The molecule has 3 N–H and O–H groups in total. The largest absolute Gasteiger partial charge is 0.370 e. The van der Waals surface area contributed by atoms with Gasteiger partial charge in [0.05, 0.1) is 6.17 Å². The Labute approximate surface area is 163 Å². The minimum Gasteiger partial charge on any atom is -0.370 e. The predicted molar refractivity (Wildman–Crippen MR) is 116 cm³/mol. The first-order valence-electron chi connectivity index (χ1n) is 11.4. The van der Waals surface area contributed by atoms with Gasteiger partial charge in [0.25, 0.3) is 0 Å². The minimum atomic E-state index is 0.488. The summed E-state index contributed by atoms with van der Waals surface area (Å²) in [5.74, 6) is 0.